The Morgan fingerprint density at radius 2 is 2.05 bits per heavy atom. The number of likely N-dealkylation sites (tertiary alicyclic amines) is 1. The summed E-state index contributed by atoms with van der Waals surface area (Å²) >= 11 is 0. The molecular weight excluding hydrogens is 246 g/mol. The highest BCUT2D eigenvalue weighted by molar-refractivity contribution is 5.92. The molecule has 0 saturated carbocycles. The van der Waals surface area contributed by atoms with Crippen LogP contribution in [-0.4, -0.2) is 42.0 Å². The number of carbonyl (C=O) groups excluding carboxylic acids is 2. The molecule has 0 spiro atoms. The normalized spacial score (nSPS) is 16.2. The van der Waals surface area contributed by atoms with Gasteiger partial charge in [-0.25, -0.2) is 4.98 Å². The Morgan fingerprint density at radius 1 is 1.37 bits per heavy atom. The number of rotatable bonds is 2. The second kappa shape index (κ2) is 5.69. The van der Waals surface area contributed by atoms with Crippen molar-refractivity contribution in [1.82, 2.24) is 9.88 Å². The van der Waals surface area contributed by atoms with Crippen molar-refractivity contribution in [2.75, 3.05) is 25.9 Å². The van der Waals surface area contributed by atoms with Crippen LogP contribution in [0.15, 0.2) is 18.3 Å². The Bertz CT molecular complexity index is 465. The summed E-state index contributed by atoms with van der Waals surface area (Å²) in [5.41, 5.74) is 6.44. The molecular formula is C13H17N3O3. The number of hydrogen-bond acceptors (Lipinski definition) is 5. The van der Waals surface area contributed by atoms with E-state index < -0.39 is 0 Å². The first-order chi connectivity index (χ1) is 9.11. The van der Waals surface area contributed by atoms with E-state index in [1.807, 2.05) is 0 Å². The average Bonchev–Trinajstić information content (AvgIpc) is 2.46. The van der Waals surface area contributed by atoms with Crippen LogP contribution in [0.25, 0.3) is 0 Å². The van der Waals surface area contributed by atoms with Crippen LogP contribution in [-0.2, 0) is 9.53 Å². The molecule has 1 amide bonds. The first kappa shape index (κ1) is 13.3. The lowest BCUT2D eigenvalue weighted by molar-refractivity contribution is -0.146. The Morgan fingerprint density at radius 3 is 2.58 bits per heavy atom. The standard InChI is InChI=1S/C13H17N3O3/c1-19-13(18)9-4-6-16(7-5-9)12(17)11-3-2-10(14)8-15-11/h2-3,8-9H,4-7,14H2,1H3. The Hall–Kier alpha value is -2.11. The highest BCUT2D eigenvalue weighted by atomic mass is 16.5. The molecule has 0 aromatic carbocycles. The number of carbonyl (C=O) groups is 2. The van der Waals surface area contributed by atoms with Crippen LogP contribution in [0.5, 0.6) is 0 Å². The molecule has 1 aliphatic rings. The van der Waals surface area contributed by atoms with Gasteiger partial charge in [0.15, 0.2) is 0 Å². The second-order valence-electron chi connectivity index (χ2n) is 4.57. The molecule has 2 heterocycles. The lowest BCUT2D eigenvalue weighted by Crippen LogP contribution is -2.40. The number of nitrogen functional groups attached to an aromatic ring is 1. The van der Waals surface area contributed by atoms with E-state index in [0.29, 0.717) is 37.3 Å². The second-order valence-corrected chi connectivity index (χ2v) is 4.57. The largest absolute Gasteiger partial charge is 0.469 e. The summed E-state index contributed by atoms with van der Waals surface area (Å²) in [6, 6.07) is 3.27. The molecule has 6 heteroatoms. The zero-order chi connectivity index (χ0) is 13.8. The summed E-state index contributed by atoms with van der Waals surface area (Å²) in [7, 11) is 1.39. The molecule has 0 unspecified atom stereocenters. The fraction of sp³-hybridized carbons (Fsp3) is 0.462. The van der Waals surface area contributed by atoms with Crippen molar-refractivity contribution in [3.05, 3.63) is 24.0 Å². The van der Waals surface area contributed by atoms with E-state index in [2.05, 4.69) is 4.98 Å². The molecule has 1 aromatic rings. The van der Waals surface area contributed by atoms with Gasteiger partial charge in [0.2, 0.25) is 0 Å². The van der Waals surface area contributed by atoms with Gasteiger partial charge in [-0.2, -0.15) is 0 Å². The number of aromatic nitrogens is 1. The Kier molecular flexibility index (Phi) is 3.99. The number of piperidine rings is 1. The van der Waals surface area contributed by atoms with E-state index in [9.17, 15) is 9.59 Å². The predicted octanol–water partition coefficient (Wildman–Crippen LogP) is 0.689. The number of methoxy groups -OCH3 is 1. The molecule has 19 heavy (non-hydrogen) atoms. The van der Waals surface area contributed by atoms with Crippen molar-refractivity contribution in [2.24, 2.45) is 5.92 Å². The molecule has 0 aliphatic carbocycles. The number of esters is 1. The van der Waals surface area contributed by atoms with Crippen molar-refractivity contribution in [3.8, 4) is 0 Å². The van der Waals surface area contributed by atoms with Gasteiger partial charge in [-0.15, -0.1) is 0 Å². The van der Waals surface area contributed by atoms with Gasteiger partial charge in [-0.3, -0.25) is 9.59 Å². The van der Waals surface area contributed by atoms with E-state index in [1.54, 1.807) is 17.0 Å². The monoisotopic (exact) mass is 263 g/mol. The number of amides is 1. The molecule has 1 aliphatic heterocycles. The van der Waals surface area contributed by atoms with Gasteiger partial charge in [-0.05, 0) is 25.0 Å². The van der Waals surface area contributed by atoms with Gasteiger partial charge in [0.25, 0.3) is 5.91 Å². The summed E-state index contributed by atoms with van der Waals surface area (Å²) in [5, 5.41) is 0. The number of nitrogens with zero attached hydrogens (tertiary/aromatic N) is 2. The van der Waals surface area contributed by atoms with Crippen molar-refractivity contribution in [3.63, 3.8) is 0 Å². The molecule has 0 radical (unpaired) electrons. The molecule has 1 aromatic heterocycles. The maximum Gasteiger partial charge on any atom is 0.308 e. The van der Waals surface area contributed by atoms with Crippen molar-refractivity contribution in [2.45, 2.75) is 12.8 Å². The van der Waals surface area contributed by atoms with Crippen LogP contribution < -0.4 is 5.73 Å². The third kappa shape index (κ3) is 3.01. The molecule has 1 saturated heterocycles. The minimum atomic E-state index is -0.197. The third-order valence-corrected chi connectivity index (χ3v) is 3.32. The van der Waals surface area contributed by atoms with Gasteiger partial charge in [0.1, 0.15) is 5.69 Å². The number of ether oxygens (including phenoxy) is 1. The van der Waals surface area contributed by atoms with Crippen molar-refractivity contribution in [1.29, 1.82) is 0 Å². The van der Waals surface area contributed by atoms with Crippen LogP contribution in [0.3, 0.4) is 0 Å². The fourth-order valence-corrected chi connectivity index (χ4v) is 2.18. The lowest BCUT2D eigenvalue weighted by Gasteiger charge is -2.30. The van der Waals surface area contributed by atoms with Crippen molar-refractivity contribution < 1.29 is 14.3 Å². The van der Waals surface area contributed by atoms with Crippen LogP contribution in [0.4, 0.5) is 5.69 Å². The number of nitrogens with two attached hydrogens (primary N) is 1. The molecule has 1 fully saturated rings. The van der Waals surface area contributed by atoms with E-state index in [0.717, 1.165) is 0 Å². The van der Waals surface area contributed by atoms with Crippen LogP contribution in [0.1, 0.15) is 23.3 Å². The maximum atomic E-state index is 12.2. The quantitative estimate of drug-likeness (QED) is 0.793. The molecule has 0 bridgehead atoms. The smallest absolute Gasteiger partial charge is 0.308 e. The van der Waals surface area contributed by atoms with Gasteiger partial charge in [-0.1, -0.05) is 0 Å². The fourth-order valence-electron chi connectivity index (χ4n) is 2.18. The predicted molar refractivity (Wildman–Crippen MR) is 69.3 cm³/mol. The molecule has 102 valence electrons. The number of hydrogen-bond donors (Lipinski definition) is 1. The third-order valence-electron chi connectivity index (χ3n) is 3.32. The Balaban J connectivity index is 1.96. The Labute approximate surface area is 111 Å². The summed E-state index contributed by atoms with van der Waals surface area (Å²) in [5.74, 6) is -0.422. The van der Waals surface area contributed by atoms with E-state index in [1.165, 1.54) is 13.3 Å². The van der Waals surface area contributed by atoms with Gasteiger partial charge in [0.05, 0.1) is 24.9 Å². The summed E-state index contributed by atoms with van der Waals surface area (Å²) < 4.78 is 4.71. The van der Waals surface area contributed by atoms with E-state index in [-0.39, 0.29) is 17.8 Å². The maximum absolute atomic E-state index is 12.2. The van der Waals surface area contributed by atoms with Gasteiger partial charge < -0.3 is 15.4 Å². The van der Waals surface area contributed by atoms with Crippen molar-refractivity contribution >= 4 is 17.6 Å². The summed E-state index contributed by atoms with van der Waals surface area (Å²) in [4.78, 5) is 29.3. The minimum Gasteiger partial charge on any atom is -0.469 e. The van der Waals surface area contributed by atoms with Gasteiger partial charge >= 0.3 is 5.97 Å². The number of anilines is 1. The van der Waals surface area contributed by atoms with Crippen LogP contribution in [0.2, 0.25) is 0 Å². The average molecular weight is 263 g/mol. The first-order valence-electron chi connectivity index (χ1n) is 6.20. The van der Waals surface area contributed by atoms with Crippen LogP contribution in [0, 0.1) is 5.92 Å². The highest BCUT2D eigenvalue weighted by Crippen LogP contribution is 2.19. The SMILES string of the molecule is COC(=O)C1CCN(C(=O)c2ccc(N)cn2)CC1. The highest BCUT2D eigenvalue weighted by Gasteiger charge is 2.28. The van der Waals surface area contributed by atoms with E-state index >= 15 is 0 Å². The van der Waals surface area contributed by atoms with Crippen LogP contribution >= 0.6 is 0 Å². The zero-order valence-corrected chi connectivity index (χ0v) is 10.8. The topological polar surface area (TPSA) is 85.5 Å². The summed E-state index contributed by atoms with van der Waals surface area (Å²) in [6.45, 7) is 1.09. The molecule has 2 N–H and O–H groups in total. The molecule has 0 atom stereocenters. The number of pyridine rings is 1. The lowest BCUT2D eigenvalue weighted by atomic mass is 9.97. The molecule has 6 nitrogen and oxygen atoms in total. The molecule has 2 rings (SSSR count). The van der Waals surface area contributed by atoms with Gasteiger partial charge in [0, 0.05) is 13.1 Å². The minimum absolute atomic E-state index is 0.103. The zero-order valence-electron chi connectivity index (χ0n) is 10.8. The first-order valence-corrected chi connectivity index (χ1v) is 6.20. The van der Waals surface area contributed by atoms with E-state index in [4.69, 9.17) is 10.5 Å². The summed E-state index contributed by atoms with van der Waals surface area (Å²) in [6.07, 6.45) is 2.73.